The van der Waals surface area contributed by atoms with Crippen LogP contribution in [0.5, 0.6) is 0 Å². The number of halogens is 2. The normalized spacial score (nSPS) is 17.2. The third-order valence-corrected chi connectivity index (χ3v) is 5.36. The maximum Gasteiger partial charge on any atom is 0.217 e. The quantitative estimate of drug-likeness (QED) is 0.583. The second-order valence-electron chi connectivity index (χ2n) is 4.75. The van der Waals surface area contributed by atoms with Gasteiger partial charge in [0.15, 0.2) is 0 Å². The van der Waals surface area contributed by atoms with Gasteiger partial charge in [-0.1, -0.05) is 34.1 Å². The van der Waals surface area contributed by atoms with Gasteiger partial charge in [-0.05, 0) is 24.6 Å². The highest BCUT2D eigenvalue weighted by molar-refractivity contribution is 9.09. The van der Waals surface area contributed by atoms with Crippen LogP contribution in [0.3, 0.4) is 0 Å². The van der Waals surface area contributed by atoms with Gasteiger partial charge in [0.05, 0.1) is 19.0 Å². The van der Waals surface area contributed by atoms with E-state index in [0.29, 0.717) is 31.1 Å². The second kappa shape index (κ2) is 9.39. The number of hydrogen-bond donors (Lipinski definition) is 0. The van der Waals surface area contributed by atoms with Gasteiger partial charge < -0.3 is 4.74 Å². The Morgan fingerprint density at radius 2 is 1.91 bits per heavy atom. The highest BCUT2D eigenvalue weighted by atomic mass is 79.9. The van der Waals surface area contributed by atoms with E-state index < -0.39 is 10.0 Å². The van der Waals surface area contributed by atoms with E-state index in [1.165, 1.54) is 22.5 Å². The molecular weight excluding hydrogens is 373 g/mol. The van der Waals surface area contributed by atoms with E-state index in [2.05, 4.69) is 22.5 Å². The Labute approximate surface area is 140 Å². The smallest absolute Gasteiger partial charge is 0.217 e. The molecule has 1 heterocycles. The van der Waals surface area contributed by atoms with E-state index in [1.54, 1.807) is 12.1 Å². The second-order valence-corrected chi connectivity index (χ2v) is 8.13. The molecule has 0 N–H and O–H groups in total. The van der Waals surface area contributed by atoms with Crippen LogP contribution in [0, 0.1) is 5.82 Å². The molecule has 2 rings (SSSR count). The fraction of sp³-hybridized carbons (Fsp3) is 0.467. The Hall–Kier alpha value is -0.760. The summed E-state index contributed by atoms with van der Waals surface area (Å²) < 4.78 is 41.6. The van der Waals surface area contributed by atoms with Crippen molar-refractivity contribution < 1.29 is 17.5 Å². The van der Waals surface area contributed by atoms with Gasteiger partial charge >= 0.3 is 0 Å². The van der Waals surface area contributed by atoms with Crippen LogP contribution < -0.4 is 0 Å². The molecule has 0 radical (unpaired) electrons. The van der Waals surface area contributed by atoms with Crippen LogP contribution in [0.15, 0.2) is 36.9 Å². The molecule has 0 bridgehead atoms. The molecule has 22 heavy (non-hydrogen) atoms. The number of hydrogen-bond acceptors (Lipinski definition) is 3. The first-order valence-electron chi connectivity index (χ1n) is 6.93. The Balaban J connectivity index is 0.000000224. The molecule has 0 aromatic heterocycles. The van der Waals surface area contributed by atoms with Crippen LogP contribution in [-0.2, 0) is 14.8 Å². The molecule has 1 aromatic carbocycles. The van der Waals surface area contributed by atoms with Crippen molar-refractivity contribution in [1.29, 1.82) is 0 Å². The fourth-order valence-electron chi connectivity index (χ4n) is 1.81. The lowest BCUT2D eigenvalue weighted by molar-refractivity contribution is 0.0732. The molecule has 1 atom stereocenters. The molecule has 1 fully saturated rings. The van der Waals surface area contributed by atoms with Gasteiger partial charge in [-0.3, -0.25) is 0 Å². The number of sulfonamides is 1. The summed E-state index contributed by atoms with van der Waals surface area (Å²) in [5.74, 6) is -0.163. The summed E-state index contributed by atoms with van der Waals surface area (Å²) in [4.78, 5) is 0.299. The maximum absolute atomic E-state index is 12.3. The number of alkyl halides is 1. The lowest BCUT2D eigenvalue weighted by Crippen LogP contribution is -2.41. The van der Waals surface area contributed by atoms with E-state index in [9.17, 15) is 12.8 Å². The van der Waals surface area contributed by atoms with E-state index in [0.717, 1.165) is 5.56 Å². The van der Waals surface area contributed by atoms with Gasteiger partial charge in [0.1, 0.15) is 5.82 Å². The SMILES string of the molecule is C=CCS(=O)(=O)N1CCOCC1.CC(Br)c1ccc(F)cc1. The van der Waals surface area contributed by atoms with E-state index in [-0.39, 0.29) is 11.6 Å². The van der Waals surface area contributed by atoms with Crippen molar-refractivity contribution in [2.45, 2.75) is 11.8 Å². The molecule has 0 amide bonds. The highest BCUT2D eigenvalue weighted by Gasteiger charge is 2.22. The average molecular weight is 394 g/mol. The van der Waals surface area contributed by atoms with Gasteiger partial charge in [0.2, 0.25) is 10.0 Å². The number of morpholine rings is 1. The molecule has 1 aliphatic rings. The largest absolute Gasteiger partial charge is 0.379 e. The zero-order valence-electron chi connectivity index (χ0n) is 12.5. The minimum absolute atomic E-state index is 0.0208. The monoisotopic (exact) mass is 393 g/mol. The molecule has 4 nitrogen and oxygen atoms in total. The summed E-state index contributed by atoms with van der Waals surface area (Å²) in [6.45, 7) is 7.34. The zero-order chi connectivity index (χ0) is 16.6. The number of ether oxygens (including phenoxy) is 1. The van der Waals surface area contributed by atoms with Crippen molar-refractivity contribution in [3.8, 4) is 0 Å². The van der Waals surface area contributed by atoms with Crippen LogP contribution >= 0.6 is 15.9 Å². The van der Waals surface area contributed by atoms with Gasteiger partial charge in [0.25, 0.3) is 0 Å². The Morgan fingerprint density at radius 3 is 2.36 bits per heavy atom. The lowest BCUT2D eigenvalue weighted by Gasteiger charge is -2.25. The third kappa shape index (κ3) is 6.56. The molecule has 0 spiro atoms. The lowest BCUT2D eigenvalue weighted by atomic mass is 10.2. The third-order valence-electron chi connectivity index (χ3n) is 3.02. The van der Waals surface area contributed by atoms with Crippen LogP contribution in [0.2, 0.25) is 0 Å². The molecule has 1 aromatic rings. The van der Waals surface area contributed by atoms with Crippen molar-refractivity contribution in [3.63, 3.8) is 0 Å². The van der Waals surface area contributed by atoms with Crippen LogP contribution in [-0.4, -0.2) is 44.8 Å². The molecule has 1 saturated heterocycles. The van der Waals surface area contributed by atoms with E-state index >= 15 is 0 Å². The van der Waals surface area contributed by atoms with Crippen LogP contribution in [0.4, 0.5) is 4.39 Å². The molecular formula is C15H21BrFNO3S. The standard InChI is InChI=1S/C8H8BrF.C7H13NO3S/c1-6(9)7-2-4-8(10)5-3-7;1-2-7-12(9,10)8-3-5-11-6-4-8/h2-6H,1H3;2H,1,3-7H2. The highest BCUT2D eigenvalue weighted by Crippen LogP contribution is 2.20. The first kappa shape index (κ1) is 19.3. The number of rotatable bonds is 4. The molecule has 0 saturated carbocycles. The summed E-state index contributed by atoms with van der Waals surface area (Å²) in [6.07, 6.45) is 1.41. The summed E-state index contributed by atoms with van der Waals surface area (Å²) >= 11 is 3.38. The summed E-state index contributed by atoms with van der Waals surface area (Å²) in [6, 6.07) is 6.48. The van der Waals surface area contributed by atoms with Gasteiger partial charge in [0, 0.05) is 17.9 Å². The molecule has 1 aliphatic heterocycles. The van der Waals surface area contributed by atoms with Gasteiger partial charge in [-0.25, -0.2) is 12.8 Å². The Morgan fingerprint density at radius 1 is 1.36 bits per heavy atom. The minimum Gasteiger partial charge on any atom is -0.379 e. The summed E-state index contributed by atoms with van der Waals surface area (Å²) in [7, 11) is -3.10. The minimum atomic E-state index is -3.10. The van der Waals surface area contributed by atoms with E-state index in [4.69, 9.17) is 4.74 Å². The first-order chi connectivity index (χ1) is 10.4. The van der Waals surface area contributed by atoms with Crippen molar-refractivity contribution in [1.82, 2.24) is 4.31 Å². The molecule has 1 unspecified atom stereocenters. The van der Waals surface area contributed by atoms with Crippen molar-refractivity contribution in [2.75, 3.05) is 32.1 Å². The van der Waals surface area contributed by atoms with Crippen LogP contribution in [0.25, 0.3) is 0 Å². The molecule has 124 valence electrons. The number of benzene rings is 1. The molecule has 0 aliphatic carbocycles. The van der Waals surface area contributed by atoms with E-state index in [1.807, 2.05) is 6.92 Å². The van der Waals surface area contributed by atoms with Gasteiger partial charge in [-0.2, -0.15) is 4.31 Å². The predicted molar refractivity (Wildman–Crippen MR) is 90.1 cm³/mol. The van der Waals surface area contributed by atoms with Crippen LogP contribution in [0.1, 0.15) is 17.3 Å². The number of nitrogens with zero attached hydrogens (tertiary/aromatic N) is 1. The van der Waals surface area contributed by atoms with Gasteiger partial charge in [-0.15, -0.1) is 6.58 Å². The average Bonchev–Trinajstić information content (AvgIpc) is 2.49. The zero-order valence-corrected chi connectivity index (χ0v) is 14.9. The maximum atomic E-state index is 12.3. The Kier molecular flexibility index (Phi) is 8.24. The fourth-order valence-corrected chi connectivity index (χ4v) is 3.33. The van der Waals surface area contributed by atoms with Crippen molar-refractivity contribution in [2.24, 2.45) is 0 Å². The van der Waals surface area contributed by atoms with Crippen molar-refractivity contribution in [3.05, 3.63) is 48.3 Å². The van der Waals surface area contributed by atoms with Crippen molar-refractivity contribution >= 4 is 26.0 Å². The first-order valence-corrected chi connectivity index (χ1v) is 9.45. The summed E-state index contributed by atoms with van der Waals surface area (Å²) in [5.41, 5.74) is 1.10. The Bertz CT molecular complexity index is 555. The topological polar surface area (TPSA) is 46.6 Å². The molecule has 7 heteroatoms. The summed E-state index contributed by atoms with van der Waals surface area (Å²) in [5, 5.41) is 0. The predicted octanol–water partition coefficient (Wildman–Crippen LogP) is 3.12.